The van der Waals surface area contributed by atoms with Gasteiger partial charge < -0.3 is 9.47 Å². The Morgan fingerprint density at radius 2 is 2.03 bits per heavy atom. The molecule has 2 aromatic carbocycles. The van der Waals surface area contributed by atoms with Crippen molar-refractivity contribution in [2.24, 2.45) is 11.1 Å². The molecule has 1 saturated heterocycles. The second-order valence-electron chi connectivity index (χ2n) is 7.82. The fourth-order valence-electron chi connectivity index (χ4n) is 3.79. The molecular formula is C23H26BrN3O3. The largest absolute Gasteiger partial charge is 0.493 e. The summed E-state index contributed by atoms with van der Waals surface area (Å²) < 4.78 is 14.5. The molecule has 2 heterocycles. The zero-order valence-corrected chi connectivity index (χ0v) is 19.1. The van der Waals surface area contributed by atoms with Crippen molar-refractivity contribution in [2.75, 3.05) is 6.61 Å². The van der Waals surface area contributed by atoms with Gasteiger partial charge in [0.1, 0.15) is 11.9 Å². The van der Waals surface area contributed by atoms with Crippen LogP contribution in [-0.4, -0.2) is 22.6 Å². The average molecular weight is 472 g/mol. The first kappa shape index (κ1) is 21.0. The molecule has 4 rings (SSSR count). The predicted octanol–water partition coefficient (Wildman–Crippen LogP) is 6.13. The third kappa shape index (κ3) is 4.27. The lowest BCUT2D eigenvalue weighted by atomic mass is 10.1. The molecule has 1 fully saturated rings. The molecule has 1 aliphatic rings. The first-order valence-corrected chi connectivity index (χ1v) is 11.2. The summed E-state index contributed by atoms with van der Waals surface area (Å²) in [6.45, 7) is 7.73. The standard InChI is InChI=1S/C23H26BrN3O3/c1-4-15(5-2)13-29-21-9-7-18(24)10-17(21)12-27-20-8-6-16(22-23(26-28)30-22)11-19(20)14(3)25-27/h6-11,15,22-23H,4-5,12-13H2,1-3H3. The molecule has 158 valence electrons. The van der Waals surface area contributed by atoms with Crippen molar-refractivity contribution in [1.82, 2.24) is 9.78 Å². The van der Waals surface area contributed by atoms with Crippen LogP contribution in [0.5, 0.6) is 5.75 Å². The fourth-order valence-corrected chi connectivity index (χ4v) is 4.20. The minimum atomic E-state index is -0.561. The summed E-state index contributed by atoms with van der Waals surface area (Å²) in [7, 11) is 0. The van der Waals surface area contributed by atoms with Gasteiger partial charge in [-0.25, -0.2) is 0 Å². The van der Waals surface area contributed by atoms with E-state index in [1.165, 1.54) is 0 Å². The molecular weight excluding hydrogens is 446 g/mol. The highest BCUT2D eigenvalue weighted by Gasteiger charge is 2.42. The maximum Gasteiger partial charge on any atom is 0.221 e. The molecule has 1 aliphatic heterocycles. The Bertz CT molecular complexity index is 1060. The minimum absolute atomic E-state index is 0.232. The van der Waals surface area contributed by atoms with E-state index in [1.807, 2.05) is 35.9 Å². The number of hydrogen-bond acceptors (Lipinski definition) is 5. The zero-order chi connectivity index (χ0) is 21.3. The van der Waals surface area contributed by atoms with Crippen LogP contribution in [0.3, 0.4) is 0 Å². The topological polar surface area (TPSA) is 69.0 Å². The van der Waals surface area contributed by atoms with Crippen LogP contribution in [0.25, 0.3) is 10.9 Å². The van der Waals surface area contributed by atoms with Crippen LogP contribution in [0.4, 0.5) is 0 Å². The second kappa shape index (κ2) is 8.86. The molecule has 0 spiro atoms. The van der Waals surface area contributed by atoms with Crippen LogP contribution in [-0.2, 0) is 11.3 Å². The van der Waals surface area contributed by atoms with Crippen molar-refractivity contribution in [1.29, 1.82) is 0 Å². The molecule has 0 radical (unpaired) electrons. The predicted molar refractivity (Wildman–Crippen MR) is 121 cm³/mol. The highest BCUT2D eigenvalue weighted by molar-refractivity contribution is 9.10. The molecule has 6 nitrogen and oxygen atoms in total. The molecule has 0 saturated carbocycles. The molecule has 2 unspecified atom stereocenters. The highest BCUT2D eigenvalue weighted by atomic mass is 79.9. The maximum absolute atomic E-state index is 10.7. The summed E-state index contributed by atoms with van der Waals surface area (Å²) in [5.74, 6) is 1.45. The molecule has 0 aliphatic carbocycles. The second-order valence-corrected chi connectivity index (χ2v) is 8.73. The zero-order valence-electron chi connectivity index (χ0n) is 17.5. The van der Waals surface area contributed by atoms with Gasteiger partial charge in [-0.05, 0) is 53.9 Å². The molecule has 0 N–H and O–H groups in total. The van der Waals surface area contributed by atoms with Crippen molar-refractivity contribution in [3.8, 4) is 5.75 Å². The first-order valence-electron chi connectivity index (χ1n) is 10.4. The molecule has 30 heavy (non-hydrogen) atoms. The van der Waals surface area contributed by atoms with Crippen LogP contribution in [0, 0.1) is 17.7 Å². The summed E-state index contributed by atoms with van der Waals surface area (Å²) in [4.78, 5) is 10.7. The summed E-state index contributed by atoms with van der Waals surface area (Å²) in [6.07, 6.45) is 1.43. The number of epoxide rings is 1. The van der Waals surface area contributed by atoms with Crippen LogP contribution in [0.1, 0.15) is 49.6 Å². The van der Waals surface area contributed by atoms with Gasteiger partial charge in [-0.1, -0.05) is 48.7 Å². The number of halogens is 1. The summed E-state index contributed by atoms with van der Waals surface area (Å²) in [5, 5.41) is 8.79. The number of nitroso groups, excluding NO2 is 1. The Morgan fingerprint density at radius 3 is 2.73 bits per heavy atom. The van der Waals surface area contributed by atoms with E-state index in [1.54, 1.807) is 0 Å². The van der Waals surface area contributed by atoms with Gasteiger partial charge in [-0.2, -0.15) is 5.10 Å². The lowest BCUT2D eigenvalue weighted by molar-refractivity contribution is 0.238. The lowest BCUT2D eigenvalue weighted by Gasteiger charge is -2.17. The van der Waals surface area contributed by atoms with Crippen molar-refractivity contribution >= 4 is 26.8 Å². The number of aryl methyl sites for hydroxylation is 1. The quantitative estimate of drug-likeness (QED) is 0.277. The highest BCUT2D eigenvalue weighted by Crippen LogP contribution is 2.40. The molecule has 3 aromatic rings. The number of aromatic nitrogens is 2. The van der Waals surface area contributed by atoms with E-state index in [2.05, 4.69) is 47.1 Å². The number of fused-ring (bicyclic) bond motifs is 1. The Kier molecular flexibility index (Phi) is 6.20. The molecule has 1 aromatic heterocycles. The van der Waals surface area contributed by atoms with E-state index >= 15 is 0 Å². The molecule has 2 atom stereocenters. The molecule has 0 amide bonds. The maximum atomic E-state index is 10.7. The lowest BCUT2D eigenvalue weighted by Crippen LogP contribution is -2.12. The van der Waals surface area contributed by atoms with E-state index in [9.17, 15) is 4.91 Å². The summed E-state index contributed by atoms with van der Waals surface area (Å²) >= 11 is 3.58. The van der Waals surface area contributed by atoms with Gasteiger partial charge in [0.05, 0.1) is 24.4 Å². The van der Waals surface area contributed by atoms with Gasteiger partial charge in [-0.3, -0.25) is 4.68 Å². The first-order chi connectivity index (χ1) is 14.5. The number of benzene rings is 2. The van der Waals surface area contributed by atoms with Crippen LogP contribution in [0.15, 0.2) is 46.0 Å². The van der Waals surface area contributed by atoms with Crippen LogP contribution >= 0.6 is 15.9 Å². The van der Waals surface area contributed by atoms with Crippen molar-refractivity contribution < 1.29 is 9.47 Å². The minimum Gasteiger partial charge on any atom is -0.493 e. The number of rotatable bonds is 9. The average Bonchev–Trinajstić information content (AvgIpc) is 3.48. The van der Waals surface area contributed by atoms with Gasteiger partial charge in [0.15, 0.2) is 0 Å². The Hall–Kier alpha value is -2.25. The Balaban J connectivity index is 1.61. The third-order valence-electron chi connectivity index (χ3n) is 5.83. The monoisotopic (exact) mass is 471 g/mol. The van der Waals surface area contributed by atoms with Crippen LogP contribution < -0.4 is 4.74 Å². The number of nitrogens with zero attached hydrogens (tertiary/aromatic N) is 3. The van der Waals surface area contributed by atoms with Crippen molar-refractivity contribution in [2.45, 2.75) is 52.5 Å². The molecule has 0 bridgehead atoms. The van der Waals surface area contributed by atoms with E-state index in [-0.39, 0.29) is 6.10 Å². The van der Waals surface area contributed by atoms with E-state index < -0.39 is 6.23 Å². The van der Waals surface area contributed by atoms with E-state index in [4.69, 9.17) is 14.6 Å². The van der Waals surface area contributed by atoms with Gasteiger partial charge >= 0.3 is 0 Å². The SMILES string of the molecule is CCC(CC)COc1ccc(Br)cc1Cn1nc(C)c2cc(C3OC3N=O)ccc21. The van der Waals surface area contributed by atoms with E-state index in [0.29, 0.717) is 12.5 Å². The smallest absolute Gasteiger partial charge is 0.221 e. The third-order valence-corrected chi connectivity index (χ3v) is 6.33. The summed E-state index contributed by atoms with van der Waals surface area (Å²) in [5.41, 5.74) is 4.03. The normalized spacial score (nSPS) is 18.2. The van der Waals surface area contributed by atoms with Gasteiger partial charge in [0, 0.05) is 15.4 Å². The Labute approximate surface area is 184 Å². The van der Waals surface area contributed by atoms with Crippen molar-refractivity contribution in [3.63, 3.8) is 0 Å². The van der Waals surface area contributed by atoms with Crippen LogP contribution in [0.2, 0.25) is 0 Å². The Morgan fingerprint density at radius 1 is 1.23 bits per heavy atom. The van der Waals surface area contributed by atoms with Gasteiger partial charge in [0.25, 0.3) is 0 Å². The molecule has 7 heteroatoms. The van der Waals surface area contributed by atoms with E-state index in [0.717, 1.165) is 57.4 Å². The fraction of sp³-hybridized carbons (Fsp3) is 0.435. The van der Waals surface area contributed by atoms with Gasteiger partial charge in [-0.15, -0.1) is 4.91 Å². The van der Waals surface area contributed by atoms with Crippen molar-refractivity contribution in [3.05, 3.63) is 62.6 Å². The summed E-state index contributed by atoms with van der Waals surface area (Å²) in [6, 6.07) is 12.2. The number of hydrogen-bond donors (Lipinski definition) is 0. The van der Waals surface area contributed by atoms with Gasteiger partial charge in [0.2, 0.25) is 6.23 Å². The number of ether oxygens (including phenoxy) is 2.